The van der Waals surface area contributed by atoms with Crippen LogP contribution in [0.15, 0.2) is 53.4 Å². The number of hydrogen-bond donors (Lipinski definition) is 0. The largest absolute Gasteiger partial charge is 0.336 e. The van der Waals surface area contributed by atoms with Crippen LogP contribution >= 0.6 is 0 Å². The van der Waals surface area contributed by atoms with Gasteiger partial charge in [0.1, 0.15) is 10.7 Å². The highest BCUT2D eigenvalue weighted by Gasteiger charge is 2.34. The summed E-state index contributed by atoms with van der Waals surface area (Å²) < 4.78 is 43.9. The molecule has 2 aromatic carbocycles. The molecule has 33 heavy (non-hydrogen) atoms. The Hall–Kier alpha value is -3.04. The highest BCUT2D eigenvalue weighted by Crippen LogP contribution is 2.25. The highest BCUT2D eigenvalue weighted by atomic mass is 32.2. The molecule has 4 rings (SSSR count). The van der Waals surface area contributed by atoms with Crippen molar-refractivity contribution in [3.05, 3.63) is 82.4 Å². The first-order valence-corrected chi connectivity index (χ1v) is 12.3. The average Bonchev–Trinajstić information content (AvgIpc) is 3.09. The normalized spacial score (nSPS) is 15.1. The van der Waals surface area contributed by atoms with E-state index in [4.69, 9.17) is 0 Å². The monoisotopic (exact) mass is 470 g/mol. The van der Waals surface area contributed by atoms with Crippen LogP contribution in [-0.4, -0.2) is 59.5 Å². The van der Waals surface area contributed by atoms with Gasteiger partial charge in [0.2, 0.25) is 10.0 Å². The van der Waals surface area contributed by atoms with Crippen LogP contribution in [0.1, 0.15) is 32.9 Å². The van der Waals surface area contributed by atoms with E-state index in [0.29, 0.717) is 23.5 Å². The van der Waals surface area contributed by atoms with Crippen molar-refractivity contribution in [1.29, 1.82) is 0 Å². The molecular formula is C24H27FN4O3S. The summed E-state index contributed by atoms with van der Waals surface area (Å²) in [7, 11) is -3.77. The molecule has 0 N–H and O–H groups in total. The Labute approximate surface area is 193 Å². The molecule has 1 saturated heterocycles. The van der Waals surface area contributed by atoms with E-state index in [1.54, 1.807) is 42.5 Å². The van der Waals surface area contributed by atoms with E-state index in [0.717, 1.165) is 5.56 Å². The van der Waals surface area contributed by atoms with Gasteiger partial charge in [0.25, 0.3) is 5.91 Å². The van der Waals surface area contributed by atoms with E-state index >= 15 is 0 Å². The molecular weight excluding hydrogens is 443 g/mol. The quantitative estimate of drug-likeness (QED) is 0.574. The number of aryl methyl sites for hydroxylation is 2. The molecule has 1 amide bonds. The zero-order valence-electron chi connectivity index (χ0n) is 19.0. The number of benzene rings is 2. The first-order valence-electron chi connectivity index (χ1n) is 10.8. The summed E-state index contributed by atoms with van der Waals surface area (Å²) >= 11 is 0. The molecule has 9 heteroatoms. The predicted octanol–water partition coefficient (Wildman–Crippen LogP) is 3.14. The third kappa shape index (κ3) is 4.56. The number of piperazine rings is 1. The van der Waals surface area contributed by atoms with Crippen LogP contribution in [-0.2, 0) is 16.6 Å². The fourth-order valence-corrected chi connectivity index (χ4v) is 5.93. The van der Waals surface area contributed by atoms with Crippen LogP contribution in [0.2, 0.25) is 0 Å². The van der Waals surface area contributed by atoms with Gasteiger partial charge >= 0.3 is 0 Å². The molecule has 1 aliphatic rings. The van der Waals surface area contributed by atoms with Gasteiger partial charge in [-0.05, 0) is 44.0 Å². The minimum atomic E-state index is -3.77. The van der Waals surface area contributed by atoms with Crippen molar-refractivity contribution in [3.63, 3.8) is 0 Å². The van der Waals surface area contributed by atoms with Crippen molar-refractivity contribution in [2.24, 2.45) is 0 Å². The van der Waals surface area contributed by atoms with E-state index in [2.05, 4.69) is 5.10 Å². The first-order chi connectivity index (χ1) is 15.7. The molecule has 174 valence electrons. The summed E-state index contributed by atoms with van der Waals surface area (Å²) in [4.78, 5) is 14.5. The van der Waals surface area contributed by atoms with Crippen molar-refractivity contribution in [2.45, 2.75) is 32.2 Å². The van der Waals surface area contributed by atoms with Crippen LogP contribution in [0.25, 0.3) is 0 Å². The summed E-state index contributed by atoms with van der Waals surface area (Å²) in [6, 6.07) is 14.1. The average molecular weight is 471 g/mol. The Kier molecular flexibility index (Phi) is 6.36. The topological polar surface area (TPSA) is 75.5 Å². The Morgan fingerprint density at radius 2 is 1.67 bits per heavy atom. The maximum atomic E-state index is 13.9. The lowest BCUT2D eigenvalue weighted by molar-refractivity contribution is 0.0697. The van der Waals surface area contributed by atoms with Gasteiger partial charge in [-0.1, -0.05) is 36.4 Å². The third-order valence-corrected chi connectivity index (χ3v) is 8.18. The smallest absolute Gasteiger partial charge is 0.254 e. The van der Waals surface area contributed by atoms with E-state index in [9.17, 15) is 17.6 Å². The van der Waals surface area contributed by atoms with E-state index in [1.807, 2.05) is 30.3 Å². The molecule has 0 unspecified atom stereocenters. The van der Waals surface area contributed by atoms with Crippen LogP contribution in [0.5, 0.6) is 0 Å². The molecule has 3 aromatic rings. The van der Waals surface area contributed by atoms with Crippen LogP contribution in [0.4, 0.5) is 4.39 Å². The Morgan fingerprint density at radius 3 is 2.30 bits per heavy atom. The van der Waals surface area contributed by atoms with Crippen molar-refractivity contribution in [3.8, 4) is 0 Å². The van der Waals surface area contributed by atoms with E-state index in [-0.39, 0.29) is 42.5 Å². The molecule has 0 radical (unpaired) electrons. The molecule has 0 saturated carbocycles. The van der Waals surface area contributed by atoms with Crippen LogP contribution in [0.3, 0.4) is 0 Å². The maximum absolute atomic E-state index is 13.9. The second-order valence-electron chi connectivity index (χ2n) is 8.30. The number of carbonyl (C=O) groups is 1. The van der Waals surface area contributed by atoms with Gasteiger partial charge in [-0.2, -0.15) is 9.40 Å². The van der Waals surface area contributed by atoms with E-state index in [1.165, 1.54) is 10.4 Å². The van der Waals surface area contributed by atoms with Crippen molar-refractivity contribution >= 4 is 15.9 Å². The number of aromatic nitrogens is 2. The summed E-state index contributed by atoms with van der Waals surface area (Å²) in [5, 5.41) is 4.48. The second-order valence-corrected chi connectivity index (χ2v) is 10.2. The minimum absolute atomic E-state index is 0.172. The van der Waals surface area contributed by atoms with Gasteiger partial charge in [0.15, 0.2) is 0 Å². The van der Waals surface area contributed by atoms with Crippen LogP contribution in [0, 0.1) is 26.6 Å². The predicted molar refractivity (Wildman–Crippen MR) is 123 cm³/mol. The van der Waals surface area contributed by atoms with Crippen molar-refractivity contribution in [1.82, 2.24) is 19.0 Å². The number of rotatable bonds is 5. The number of sulfonamides is 1. The molecule has 0 spiro atoms. The fraction of sp³-hybridized carbons (Fsp3) is 0.333. The number of carbonyl (C=O) groups excluding carboxylic acids is 1. The SMILES string of the molecule is Cc1ccc(C(=O)N2CCN(S(=O)(=O)c3c(C)nn(Cc4ccccc4)c3C)CC2)cc1F. The Balaban J connectivity index is 1.49. The van der Waals surface area contributed by atoms with Gasteiger partial charge in [0.05, 0.1) is 17.9 Å². The summed E-state index contributed by atoms with van der Waals surface area (Å²) in [6.07, 6.45) is 0. The lowest BCUT2D eigenvalue weighted by Crippen LogP contribution is -2.50. The number of hydrogen-bond acceptors (Lipinski definition) is 4. The first kappa shape index (κ1) is 23.1. The second kappa shape index (κ2) is 9.07. The fourth-order valence-electron chi connectivity index (χ4n) is 4.13. The van der Waals surface area contributed by atoms with Gasteiger partial charge in [-0.3, -0.25) is 9.48 Å². The number of amides is 1. The number of nitrogens with zero attached hydrogens (tertiary/aromatic N) is 4. The molecule has 1 aliphatic heterocycles. The molecule has 0 aliphatic carbocycles. The summed E-state index contributed by atoms with van der Waals surface area (Å²) in [5.74, 6) is -0.727. The molecule has 0 atom stereocenters. The van der Waals surface area contributed by atoms with Gasteiger partial charge in [-0.15, -0.1) is 0 Å². The van der Waals surface area contributed by atoms with Gasteiger partial charge in [-0.25, -0.2) is 12.8 Å². The standard InChI is InChI=1S/C24H27FN4O3S/c1-17-9-10-21(15-22(17)25)24(30)27-11-13-28(14-12-27)33(31,32)23-18(2)26-29(19(23)3)16-20-7-5-4-6-8-20/h4-10,15H,11-14,16H2,1-3H3. The lowest BCUT2D eigenvalue weighted by atomic mass is 10.1. The summed E-state index contributed by atoms with van der Waals surface area (Å²) in [5.41, 5.74) is 2.82. The Morgan fingerprint density at radius 1 is 1.00 bits per heavy atom. The Bertz CT molecular complexity index is 1280. The van der Waals surface area contributed by atoms with E-state index < -0.39 is 15.8 Å². The zero-order chi connectivity index (χ0) is 23.8. The molecule has 7 nitrogen and oxygen atoms in total. The highest BCUT2D eigenvalue weighted by molar-refractivity contribution is 7.89. The zero-order valence-corrected chi connectivity index (χ0v) is 19.8. The van der Waals surface area contributed by atoms with Gasteiger partial charge < -0.3 is 4.90 Å². The molecule has 1 aromatic heterocycles. The number of halogens is 1. The van der Waals surface area contributed by atoms with Gasteiger partial charge in [0, 0.05) is 31.7 Å². The molecule has 2 heterocycles. The van der Waals surface area contributed by atoms with Crippen LogP contribution < -0.4 is 0 Å². The minimum Gasteiger partial charge on any atom is -0.336 e. The summed E-state index contributed by atoms with van der Waals surface area (Å²) in [6.45, 7) is 6.41. The third-order valence-electron chi connectivity index (χ3n) is 6.03. The molecule has 0 bridgehead atoms. The van der Waals surface area contributed by atoms with Crippen molar-refractivity contribution in [2.75, 3.05) is 26.2 Å². The maximum Gasteiger partial charge on any atom is 0.254 e. The lowest BCUT2D eigenvalue weighted by Gasteiger charge is -2.34. The van der Waals surface area contributed by atoms with Crippen molar-refractivity contribution < 1.29 is 17.6 Å². The molecule has 1 fully saturated rings.